The highest BCUT2D eigenvalue weighted by Gasteiger charge is 2.24. The van der Waals surface area contributed by atoms with E-state index in [1.807, 2.05) is 25.9 Å². The predicted molar refractivity (Wildman–Crippen MR) is 80.6 cm³/mol. The van der Waals surface area contributed by atoms with Gasteiger partial charge in [0.05, 0.1) is 12.7 Å². The maximum absolute atomic E-state index is 12.5. The molecular weight excluding hydrogens is 300 g/mol. The lowest BCUT2D eigenvalue weighted by atomic mass is 10.4. The minimum atomic E-state index is -3.46. The minimum absolute atomic E-state index is 0.231. The van der Waals surface area contributed by atoms with Crippen LogP contribution in [0.25, 0.3) is 0 Å². The molecule has 20 heavy (non-hydrogen) atoms. The van der Waals surface area contributed by atoms with Crippen LogP contribution >= 0.6 is 11.6 Å². The van der Waals surface area contributed by atoms with Gasteiger partial charge in [0.15, 0.2) is 0 Å². The first-order chi connectivity index (χ1) is 9.41. The molecule has 0 bridgehead atoms. The van der Waals surface area contributed by atoms with Crippen LogP contribution in [0, 0.1) is 0 Å². The number of rotatable bonds is 9. The second kappa shape index (κ2) is 7.97. The van der Waals surface area contributed by atoms with Crippen LogP contribution in [0.4, 0.5) is 0 Å². The standard InChI is InChI=1S/C12H23ClN4O2S/c1-4-17(8-5-7-15(2)3)20(18,19)12-10-14-16(11-12)9-6-13/h10-11H,4-9H2,1-3H3. The maximum atomic E-state index is 12.5. The lowest BCUT2D eigenvalue weighted by molar-refractivity contribution is 0.356. The SMILES string of the molecule is CCN(CCCN(C)C)S(=O)(=O)c1cnn(CCCl)c1. The van der Waals surface area contributed by atoms with Crippen LogP contribution in [0.1, 0.15) is 13.3 Å². The largest absolute Gasteiger partial charge is 0.309 e. The third-order valence-electron chi connectivity index (χ3n) is 2.93. The van der Waals surface area contributed by atoms with E-state index in [-0.39, 0.29) is 4.90 Å². The summed E-state index contributed by atoms with van der Waals surface area (Å²) in [6.07, 6.45) is 3.72. The van der Waals surface area contributed by atoms with Crippen molar-refractivity contribution < 1.29 is 8.42 Å². The second-order valence-corrected chi connectivity index (χ2v) is 7.10. The molecule has 6 nitrogen and oxygen atoms in total. The molecule has 0 radical (unpaired) electrons. The van der Waals surface area contributed by atoms with Gasteiger partial charge < -0.3 is 4.90 Å². The Morgan fingerprint density at radius 1 is 1.35 bits per heavy atom. The Morgan fingerprint density at radius 3 is 2.60 bits per heavy atom. The molecule has 0 aliphatic heterocycles. The van der Waals surface area contributed by atoms with Crippen LogP contribution in [-0.2, 0) is 16.6 Å². The molecule has 0 saturated carbocycles. The summed E-state index contributed by atoms with van der Waals surface area (Å²) in [6, 6.07) is 0. The quantitative estimate of drug-likeness (QED) is 0.638. The van der Waals surface area contributed by atoms with Gasteiger partial charge >= 0.3 is 0 Å². The fourth-order valence-electron chi connectivity index (χ4n) is 1.85. The fraction of sp³-hybridized carbons (Fsp3) is 0.750. The Hall–Kier alpha value is -0.630. The summed E-state index contributed by atoms with van der Waals surface area (Å²) in [5.41, 5.74) is 0. The van der Waals surface area contributed by atoms with E-state index >= 15 is 0 Å². The van der Waals surface area contributed by atoms with Crippen LogP contribution in [0.5, 0.6) is 0 Å². The molecule has 0 fully saturated rings. The molecule has 8 heteroatoms. The number of nitrogens with zero attached hydrogens (tertiary/aromatic N) is 4. The highest BCUT2D eigenvalue weighted by Crippen LogP contribution is 2.15. The lowest BCUT2D eigenvalue weighted by Gasteiger charge is -2.20. The lowest BCUT2D eigenvalue weighted by Crippen LogP contribution is -2.33. The monoisotopic (exact) mass is 322 g/mol. The Kier molecular flexibility index (Phi) is 6.94. The van der Waals surface area contributed by atoms with E-state index in [4.69, 9.17) is 11.6 Å². The van der Waals surface area contributed by atoms with Crippen molar-refractivity contribution in [2.75, 3.05) is 39.6 Å². The summed E-state index contributed by atoms with van der Waals surface area (Å²) >= 11 is 5.62. The molecule has 0 aliphatic rings. The predicted octanol–water partition coefficient (Wildman–Crippen LogP) is 1.08. The smallest absolute Gasteiger partial charge is 0.246 e. The van der Waals surface area contributed by atoms with E-state index in [2.05, 4.69) is 5.10 Å². The first kappa shape index (κ1) is 17.4. The van der Waals surface area contributed by atoms with E-state index in [1.165, 1.54) is 16.7 Å². The molecule has 116 valence electrons. The molecule has 1 aromatic heterocycles. The Balaban J connectivity index is 2.77. The Labute approximate surface area is 126 Å². The number of alkyl halides is 1. The summed E-state index contributed by atoms with van der Waals surface area (Å²) in [7, 11) is 0.488. The third kappa shape index (κ3) is 4.73. The summed E-state index contributed by atoms with van der Waals surface area (Å²) in [5, 5.41) is 4.02. The van der Waals surface area contributed by atoms with Crippen LogP contribution in [0.2, 0.25) is 0 Å². The van der Waals surface area contributed by atoms with Gasteiger partial charge in [-0.2, -0.15) is 9.40 Å². The van der Waals surface area contributed by atoms with Gasteiger partial charge in [0.2, 0.25) is 10.0 Å². The van der Waals surface area contributed by atoms with Crippen molar-refractivity contribution in [2.45, 2.75) is 24.8 Å². The van der Waals surface area contributed by atoms with Crippen molar-refractivity contribution in [3.63, 3.8) is 0 Å². The zero-order valence-corrected chi connectivity index (χ0v) is 13.9. The van der Waals surface area contributed by atoms with Gasteiger partial charge in [0.25, 0.3) is 0 Å². The van der Waals surface area contributed by atoms with E-state index in [9.17, 15) is 8.42 Å². The number of aromatic nitrogens is 2. The van der Waals surface area contributed by atoms with Gasteiger partial charge in [-0.05, 0) is 27.1 Å². The first-order valence-electron chi connectivity index (χ1n) is 6.65. The zero-order chi connectivity index (χ0) is 15.2. The van der Waals surface area contributed by atoms with Crippen molar-refractivity contribution in [2.24, 2.45) is 0 Å². The number of hydrogen-bond acceptors (Lipinski definition) is 4. The van der Waals surface area contributed by atoms with Crippen molar-refractivity contribution in [1.82, 2.24) is 19.0 Å². The molecule has 0 unspecified atom stereocenters. The van der Waals surface area contributed by atoms with Crippen molar-refractivity contribution in [1.29, 1.82) is 0 Å². The number of aryl methyl sites for hydroxylation is 1. The van der Waals surface area contributed by atoms with E-state index in [0.717, 1.165) is 13.0 Å². The molecule has 0 amide bonds. The Morgan fingerprint density at radius 2 is 2.05 bits per heavy atom. The van der Waals surface area contributed by atoms with Crippen LogP contribution in [0.3, 0.4) is 0 Å². The molecule has 0 aliphatic carbocycles. The topological polar surface area (TPSA) is 58.4 Å². The normalized spacial score (nSPS) is 12.5. The van der Waals surface area contributed by atoms with Crippen LogP contribution in [0.15, 0.2) is 17.3 Å². The van der Waals surface area contributed by atoms with Gasteiger partial charge in [-0.3, -0.25) is 4.68 Å². The van der Waals surface area contributed by atoms with Gasteiger partial charge in [0, 0.05) is 25.2 Å². The summed E-state index contributed by atoms with van der Waals surface area (Å²) in [5.74, 6) is 0.404. The summed E-state index contributed by atoms with van der Waals surface area (Å²) in [6.45, 7) is 4.17. The summed E-state index contributed by atoms with van der Waals surface area (Å²) < 4.78 is 28.0. The fourth-order valence-corrected chi connectivity index (χ4v) is 3.46. The van der Waals surface area contributed by atoms with E-state index in [0.29, 0.717) is 25.5 Å². The number of hydrogen-bond donors (Lipinski definition) is 0. The van der Waals surface area contributed by atoms with Crippen molar-refractivity contribution in [3.8, 4) is 0 Å². The van der Waals surface area contributed by atoms with E-state index < -0.39 is 10.0 Å². The minimum Gasteiger partial charge on any atom is -0.309 e. The molecule has 1 aromatic rings. The van der Waals surface area contributed by atoms with Gasteiger partial charge in [-0.25, -0.2) is 8.42 Å². The van der Waals surface area contributed by atoms with E-state index in [1.54, 1.807) is 4.68 Å². The molecule has 1 rings (SSSR count). The molecule has 0 aromatic carbocycles. The highest BCUT2D eigenvalue weighted by molar-refractivity contribution is 7.89. The van der Waals surface area contributed by atoms with Gasteiger partial charge in [-0.1, -0.05) is 6.92 Å². The molecule has 0 spiro atoms. The third-order valence-corrected chi connectivity index (χ3v) is 5.02. The first-order valence-corrected chi connectivity index (χ1v) is 8.62. The van der Waals surface area contributed by atoms with Gasteiger partial charge in [-0.15, -0.1) is 11.6 Å². The van der Waals surface area contributed by atoms with Crippen LogP contribution in [-0.4, -0.2) is 67.0 Å². The number of halogens is 1. The average Bonchev–Trinajstić information content (AvgIpc) is 2.84. The maximum Gasteiger partial charge on any atom is 0.246 e. The number of sulfonamides is 1. The van der Waals surface area contributed by atoms with Crippen molar-refractivity contribution in [3.05, 3.63) is 12.4 Å². The molecular formula is C12H23ClN4O2S. The Bertz CT molecular complexity index is 501. The van der Waals surface area contributed by atoms with Crippen molar-refractivity contribution >= 4 is 21.6 Å². The van der Waals surface area contributed by atoms with Gasteiger partial charge in [0.1, 0.15) is 4.90 Å². The zero-order valence-electron chi connectivity index (χ0n) is 12.3. The molecule has 0 N–H and O–H groups in total. The van der Waals surface area contributed by atoms with Crippen LogP contribution < -0.4 is 0 Å². The molecule has 0 saturated heterocycles. The highest BCUT2D eigenvalue weighted by atomic mass is 35.5. The second-order valence-electron chi connectivity index (χ2n) is 4.78. The molecule has 1 heterocycles. The molecule has 0 atom stereocenters. The average molecular weight is 323 g/mol. The summed E-state index contributed by atoms with van der Waals surface area (Å²) in [4.78, 5) is 2.27.